The van der Waals surface area contributed by atoms with Gasteiger partial charge in [0, 0.05) is 0 Å². The van der Waals surface area contributed by atoms with Crippen molar-refractivity contribution in [1.29, 1.82) is 0 Å². The molecule has 6 rings (SSSR count). The summed E-state index contributed by atoms with van der Waals surface area (Å²) in [6.45, 7) is 0. The first-order valence-corrected chi connectivity index (χ1v) is 18.6. The molecule has 0 bridgehead atoms. The summed E-state index contributed by atoms with van der Waals surface area (Å²) in [5, 5.41) is 0. The van der Waals surface area contributed by atoms with E-state index in [2.05, 4.69) is 48.6 Å². The van der Waals surface area contributed by atoms with Gasteiger partial charge in [-0.2, -0.15) is 0 Å². The maximum atomic E-state index is 14.8. The van der Waals surface area contributed by atoms with Crippen LogP contribution in [0.4, 0.5) is 0 Å². The van der Waals surface area contributed by atoms with Crippen molar-refractivity contribution in [2.45, 2.75) is 25.3 Å². The Morgan fingerprint density at radius 3 is 1.53 bits per heavy atom. The average molecular weight is 606 g/mol. The van der Waals surface area contributed by atoms with Crippen LogP contribution in [0.2, 0.25) is 0 Å². The van der Waals surface area contributed by atoms with E-state index in [0.717, 1.165) is 30.0 Å². The summed E-state index contributed by atoms with van der Waals surface area (Å²) in [5.41, 5.74) is 0.0123. The van der Waals surface area contributed by atoms with Gasteiger partial charge in [-0.25, -0.2) is 0 Å². The summed E-state index contributed by atoms with van der Waals surface area (Å²) in [6.07, 6.45) is 7.02. The van der Waals surface area contributed by atoms with E-state index in [1.54, 1.807) is 4.68 Å². The quantitative estimate of drug-likeness (QED) is 0.219. The van der Waals surface area contributed by atoms with Crippen LogP contribution in [0, 0.1) is 0 Å². The van der Waals surface area contributed by atoms with Gasteiger partial charge < -0.3 is 0 Å². The molecule has 0 N–H and O–H groups in total. The van der Waals surface area contributed by atoms with Gasteiger partial charge in [0.1, 0.15) is 0 Å². The maximum absolute atomic E-state index is 14.8. The Labute approximate surface area is 226 Å². The van der Waals surface area contributed by atoms with Crippen LogP contribution in [0.5, 0.6) is 0 Å². The zero-order valence-corrected chi connectivity index (χ0v) is 23.9. The molecule has 0 aliphatic heterocycles. The number of para-hydroxylation sites is 1. The number of nitrogens with zero attached hydrogens (tertiary/aromatic N) is 3. The summed E-state index contributed by atoms with van der Waals surface area (Å²) in [6, 6.07) is 40.1. The van der Waals surface area contributed by atoms with E-state index in [0.29, 0.717) is 5.69 Å². The molecule has 1 heterocycles. The van der Waals surface area contributed by atoms with Gasteiger partial charge in [-0.05, 0) is 0 Å². The first-order chi connectivity index (χ1) is 18.7. The van der Waals surface area contributed by atoms with Crippen LogP contribution in [0.3, 0.4) is 0 Å². The molecule has 0 amide bonds. The molecule has 0 radical (unpaired) electrons. The van der Waals surface area contributed by atoms with E-state index in [4.69, 9.17) is 0 Å². The summed E-state index contributed by atoms with van der Waals surface area (Å²) < 4.78 is 8.40. The molecule has 0 fully saturated rings. The average Bonchev–Trinajstić information content (AvgIpc) is 3.26. The van der Waals surface area contributed by atoms with E-state index in [-0.39, 0.29) is 17.4 Å². The van der Waals surface area contributed by atoms with E-state index in [9.17, 15) is 9.59 Å². The number of aromatic nitrogens is 3. The molecule has 0 saturated carbocycles. The zero-order chi connectivity index (χ0) is 26.0. The van der Waals surface area contributed by atoms with Crippen LogP contribution in [-0.4, -0.2) is 30.8 Å². The van der Waals surface area contributed by atoms with Crippen LogP contribution in [-0.2, 0) is 0 Å². The van der Waals surface area contributed by atoms with Crippen LogP contribution in [0.1, 0.15) is 25.3 Å². The standard InChI is InChI=1S/C14H15N3O2.3C6H5.Sn/c18-13-15-17(12-9-5-2-6-10-12)14(19)16(13)11-7-3-1-4-8-11;3*1-2-4-6-5-3-1;/h1,3-5,7-9,12H,2,6,10H2,(H,15,18);3*1-5H;/q;;;;+1/p-1. The van der Waals surface area contributed by atoms with Crippen LogP contribution >= 0.6 is 0 Å². The Hall–Kier alpha value is -3.84. The Bertz CT molecular complexity index is 1570. The molecule has 1 aliphatic carbocycles. The molecule has 5 aromatic rings. The normalized spacial score (nSPS) is 15.4. The van der Waals surface area contributed by atoms with Crippen molar-refractivity contribution >= 4 is 29.4 Å². The molecule has 1 aromatic heterocycles. The Morgan fingerprint density at radius 1 is 0.605 bits per heavy atom. The number of allylic oxidation sites excluding steroid dienone is 2. The predicted molar refractivity (Wildman–Crippen MR) is 156 cm³/mol. The molecule has 5 nitrogen and oxygen atoms in total. The molecular formula is C32H29N3O2Sn. The third-order valence-corrected chi connectivity index (χ3v) is 20.4. The summed E-state index contributed by atoms with van der Waals surface area (Å²) in [4.78, 5) is 29.1. The van der Waals surface area contributed by atoms with Crippen molar-refractivity contribution in [3.63, 3.8) is 0 Å². The zero-order valence-electron chi connectivity index (χ0n) is 21.1. The SMILES string of the molecule is O=c1n(-c2ccccc2)c(=O)[n]([Sn]([c]2ccccc2)([c]2ccccc2)[c]2ccccc2)n1C1C=CCCC1. The minimum absolute atomic E-state index is 0.193. The van der Waals surface area contributed by atoms with Crippen LogP contribution < -0.4 is 22.1 Å². The predicted octanol–water partition coefficient (Wildman–Crippen LogP) is 3.60. The van der Waals surface area contributed by atoms with Crippen LogP contribution in [0.15, 0.2) is 143 Å². The van der Waals surface area contributed by atoms with E-state index in [1.165, 1.54) is 4.57 Å². The van der Waals surface area contributed by atoms with Gasteiger partial charge in [0.2, 0.25) is 0 Å². The number of hydrogen-bond acceptors (Lipinski definition) is 2. The topological polar surface area (TPSA) is 48.9 Å². The molecule has 0 spiro atoms. The van der Waals surface area contributed by atoms with E-state index >= 15 is 0 Å². The number of hydrogen-bond donors (Lipinski definition) is 0. The molecular weight excluding hydrogens is 577 g/mol. The summed E-state index contributed by atoms with van der Waals surface area (Å²) >= 11 is -4.44. The van der Waals surface area contributed by atoms with Gasteiger partial charge in [0.15, 0.2) is 0 Å². The Morgan fingerprint density at radius 2 is 1.08 bits per heavy atom. The molecule has 188 valence electrons. The van der Waals surface area contributed by atoms with Crippen molar-refractivity contribution in [3.05, 3.63) is 154 Å². The first kappa shape index (κ1) is 24.5. The van der Waals surface area contributed by atoms with Crippen molar-refractivity contribution < 1.29 is 0 Å². The monoisotopic (exact) mass is 607 g/mol. The Kier molecular flexibility index (Phi) is 6.77. The second-order valence-corrected chi connectivity index (χ2v) is 19.8. The van der Waals surface area contributed by atoms with Gasteiger partial charge >= 0.3 is 227 Å². The van der Waals surface area contributed by atoms with E-state index in [1.807, 2.05) is 87.8 Å². The number of rotatable bonds is 6. The second-order valence-electron chi connectivity index (χ2n) is 9.63. The number of benzene rings is 4. The second kappa shape index (κ2) is 10.5. The van der Waals surface area contributed by atoms with Crippen molar-refractivity contribution in [2.75, 3.05) is 0 Å². The van der Waals surface area contributed by atoms with Crippen molar-refractivity contribution in [1.82, 2.24) is 12.2 Å². The molecule has 1 aliphatic rings. The molecule has 1 unspecified atom stereocenters. The van der Waals surface area contributed by atoms with Crippen LogP contribution in [0.25, 0.3) is 5.69 Å². The van der Waals surface area contributed by atoms with Gasteiger partial charge in [0.25, 0.3) is 0 Å². The summed E-state index contributed by atoms with van der Waals surface area (Å²) in [5.74, 6) is 0. The van der Waals surface area contributed by atoms with Crippen molar-refractivity contribution in [3.8, 4) is 5.69 Å². The Balaban J connectivity index is 1.83. The fraction of sp³-hybridized carbons (Fsp3) is 0.125. The van der Waals surface area contributed by atoms with Gasteiger partial charge in [-0.15, -0.1) is 0 Å². The third kappa shape index (κ3) is 4.02. The summed E-state index contributed by atoms with van der Waals surface area (Å²) in [7, 11) is 0. The fourth-order valence-corrected chi connectivity index (χ4v) is 19.2. The minimum atomic E-state index is -4.44. The van der Waals surface area contributed by atoms with E-state index < -0.39 is 18.7 Å². The van der Waals surface area contributed by atoms with Gasteiger partial charge in [-0.1, -0.05) is 0 Å². The van der Waals surface area contributed by atoms with Gasteiger partial charge in [0.05, 0.1) is 0 Å². The molecule has 1 atom stereocenters. The molecule has 0 saturated heterocycles. The molecule has 6 heteroatoms. The fourth-order valence-electron chi connectivity index (χ4n) is 5.75. The first-order valence-electron chi connectivity index (χ1n) is 13.1. The molecule has 4 aromatic carbocycles. The third-order valence-electron chi connectivity index (χ3n) is 7.43. The molecule has 38 heavy (non-hydrogen) atoms. The van der Waals surface area contributed by atoms with Crippen molar-refractivity contribution in [2.24, 2.45) is 0 Å². The van der Waals surface area contributed by atoms with Gasteiger partial charge in [-0.3, -0.25) is 0 Å².